The van der Waals surface area contributed by atoms with Crippen LogP contribution in [0.1, 0.15) is 43.4 Å². The van der Waals surface area contributed by atoms with Crippen molar-refractivity contribution in [2.75, 3.05) is 4.90 Å². The second-order valence-electron chi connectivity index (χ2n) is 8.02. The van der Waals surface area contributed by atoms with Gasteiger partial charge in [-0.2, -0.15) is 0 Å². The lowest BCUT2D eigenvalue weighted by Crippen LogP contribution is -2.67. The van der Waals surface area contributed by atoms with Crippen molar-refractivity contribution >= 4 is 23.4 Å². The Hall–Kier alpha value is -3.80. The number of hydrogen-bond acceptors (Lipinski definition) is 3. The van der Waals surface area contributed by atoms with Gasteiger partial charge in [0.2, 0.25) is 0 Å². The van der Waals surface area contributed by atoms with Crippen molar-refractivity contribution in [1.29, 1.82) is 0 Å². The van der Waals surface area contributed by atoms with Crippen LogP contribution in [0.3, 0.4) is 0 Å². The van der Waals surface area contributed by atoms with Crippen molar-refractivity contribution in [2.45, 2.75) is 25.9 Å². The topological polar surface area (TPSA) is 57.7 Å². The number of hydrogen-bond donors (Lipinski definition) is 0. The van der Waals surface area contributed by atoms with Gasteiger partial charge >= 0.3 is 0 Å². The first-order valence-corrected chi connectivity index (χ1v) is 10.0. The summed E-state index contributed by atoms with van der Waals surface area (Å²) in [6.45, 7) is 3.88. The molecule has 3 amide bonds. The van der Waals surface area contributed by atoms with Crippen LogP contribution in [0, 0.1) is 19.7 Å². The fourth-order valence-electron chi connectivity index (χ4n) is 4.55. The van der Waals surface area contributed by atoms with Crippen molar-refractivity contribution in [3.8, 4) is 0 Å². The molecule has 1 saturated heterocycles. The third-order valence-corrected chi connectivity index (χ3v) is 5.87. The Kier molecular flexibility index (Phi) is 4.25. The van der Waals surface area contributed by atoms with E-state index in [4.69, 9.17) is 0 Å². The number of amides is 3. The molecule has 2 aliphatic heterocycles. The molecule has 6 heteroatoms. The van der Waals surface area contributed by atoms with Crippen LogP contribution >= 0.6 is 0 Å². The Morgan fingerprint density at radius 3 is 1.81 bits per heavy atom. The van der Waals surface area contributed by atoms with Crippen LogP contribution in [0.5, 0.6) is 0 Å². The number of fused-ring (bicyclic) bond motifs is 1. The molecular weight excluding hydrogens is 395 g/mol. The van der Waals surface area contributed by atoms with Crippen LogP contribution in [-0.2, 0) is 4.79 Å². The van der Waals surface area contributed by atoms with Gasteiger partial charge in [0.25, 0.3) is 17.7 Å². The van der Waals surface area contributed by atoms with Gasteiger partial charge in [-0.05, 0) is 66.9 Å². The standard InChI is InChI=1S/C25H19FN2O3/c1-14-11-15(2)13-18(12-14)27-21(16-7-9-17(26)10-8-16)22(25(27)31)28-23(29)19-5-3-4-6-20(19)24(28)30/h3-13,21-22H,1-2H3/t21-,22-/m0/s1. The van der Waals surface area contributed by atoms with E-state index in [9.17, 15) is 18.8 Å². The molecule has 3 aromatic carbocycles. The predicted molar refractivity (Wildman–Crippen MR) is 113 cm³/mol. The number of halogens is 1. The first-order chi connectivity index (χ1) is 14.9. The average molecular weight is 414 g/mol. The SMILES string of the molecule is Cc1cc(C)cc(N2C(=O)[C@@H](N3C(=O)c4ccccc4C3=O)[C@@H]2c2ccc(F)cc2)c1. The second-order valence-corrected chi connectivity index (χ2v) is 8.02. The summed E-state index contributed by atoms with van der Waals surface area (Å²) in [5.41, 5.74) is 3.91. The smallest absolute Gasteiger partial charge is 0.262 e. The maximum absolute atomic E-state index is 13.6. The van der Waals surface area contributed by atoms with Crippen LogP contribution in [0.25, 0.3) is 0 Å². The van der Waals surface area contributed by atoms with Crippen LogP contribution in [0.15, 0.2) is 66.7 Å². The number of β-lactam (4-membered cyclic amide) rings is 1. The molecule has 2 heterocycles. The Labute approximate surface area is 178 Å². The number of anilines is 1. The zero-order chi connectivity index (χ0) is 21.9. The van der Waals surface area contributed by atoms with Crippen molar-refractivity contribution in [3.63, 3.8) is 0 Å². The molecule has 0 radical (unpaired) electrons. The van der Waals surface area contributed by atoms with E-state index in [1.807, 2.05) is 32.0 Å². The van der Waals surface area contributed by atoms with Gasteiger partial charge in [0.05, 0.1) is 17.2 Å². The zero-order valence-corrected chi connectivity index (χ0v) is 17.0. The number of rotatable bonds is 3. The van der Waals surface area contributed by atoms with Gasteiger partial charge in [0.15, 0.2) is 0 Å². The molecule has 0 aromatic heterocycles. The van der Waals surface area contributed by atoms with Crippen molar-refractivity contribution in [2.24, 2.45) is 0 Å². The first-order valence-electron chi connectivity index (χ1n) is 10.0. The molecule has 5 rings (SSSR count). The summed E-state index contributed by atoms with van der Waals surface area (Å²) < 4.78 is 13.6. The Morgan fingerprint density at radius 1 is 0.710 bits per heavy atom. The summed E-state index contributed by atoms with van der Waals surface area (Å²) in [6, 6.07) is 16.6. The molecule has 0 unspecified atom stereocenters. The van der Waals surface area contributed by atoms with Gasteiger partial charge < -0.3 is 4.90 Å². The molecule has 0 N–H and O–H groups in total. The molecule has 0 aliphatic carbocycles. The molecule has 5 nitrogen and oxygen atoms in total. The van der Waals surface area contributed by atoms with E-state index in [-0.39, 0.29) is 5.91 Å². The quantitative estimate of drug-likeness (QED) is 0.477. The summed E-state index contributed by atoms with van der Waals surface area (Å²) >= 11 is 0. The van der Waals surface area contributed by atoms with Crippen LogP contribution in [0.4, 0.5) is 10.1 Å². The Balaban J connectivity index is 1.61. The molecule has 2 aliphatic rings. The third-order valence-electron chi connectivity index (χ3n) is 5.87. The highest BCUT2D eigenvalue weighted by Gasteiger charge is 2.57. The predicted octanol–water partition coefficient (Wildman–Crippen LogP) is 4.20. The minimum atomic E-state index is -0.987. The number of carbonyl (C=O) groups excluding carboxylic acids is 3. The summed E-state index contributed by atoms with van der Waals surface area (Å²) in [7, 11) is 0. The normalized spacial score (nSPS) is 20.2. The molecule has 2 atom stereocenters. The van der Waals surface area contributed by atoms with E-state index in [1.165, 1.54) is 12.1 Å². The minimum absolute atomic E-state index is 0.294. The summed E-state index contributed by atoms with van der Waals surface area (Å²) in [5.74, 6) is -1.70. The fraction of sp³-hybridized carbons (Fsp3) is 0.160. The largest absolute Gasteiger partial charge is 0.300 e. The van der Waals surface area contributed by atoms with Crippen molar-refractivity contribution < 1.29 is 18.8 Å². The molecule has 3 aromatic rings. The second kappa shape index (κ2) is 6.87. The van der Waals surface area contributed by atoms with Crippen molar-refractivity contribution in [3.05, 3.63) is 100 Å². The number of imide groups is 1. The Bertz CT molecular complexity index is 1200. The maximum atomic E-state index is 13.6. The molecule has 0 bridgehead atoms. The molecule has 154 valence electrons. The van der Waals surface area contributed by atoms with Gasteiger partial charge in [-0.3, -0.25) is 19.3 Å². The van der Waals surface area contributed by atoms with Crippen molar-refractivity contribution in [1.82, 2.24) is 4.90 Å². The maximum Gasteiger partial charge on any atom is 0.262 e. The molecule has 31 heavy (non-hydrogen) atoms. The lowest BCUT2D eigenvalue weighted by molar-refractivity contribution is -0.130. The number of carbonyl (C=O) groups is 3. The molecule has 0 spiro atoms. The van der Waals surface area contributed by atoms with Gasteiger partial charge in [-0.15, -0.1) is 0 Å². The number of benzene rings is 3. The molecule has 1 fully saturated rings. The van der Waals surface area contributed by atoms with E-state index in [2.05, 4.69) is 0 Å². The highest BCUT2D eigenvalue weighted by molar-refractivity contribution is 6.24. The van der Waals surface area contributed by atoms with Gasteiger partial charge in [-0.25, -0.2) is 4.39 Å². The van der Waals surface area contributed by atoms with E-state index in [0.29, 0.717) is 22.4 Å². The Morgan fingerprint density at radius 2 is 1.26 bits per heavy atom. The number of nitrogens with zero attached hydrogens (tertiary/aromatic N) is 2. The van der Waals surface area contributed by atoms with Gasteiger partial charge in [0, 0.05) is 5.69 Å². The van der Waals surface area contributed by atoms with E-state index >= 15 is 0 Å². The van der Waals surface area contributed by atoms with E-state index in [1.54, 1.807) is 41.3 Å². The van der Waals surface area contributed by atoms with Crippen LogP contribution < -0.4 is 4.90 Å². The average Bonchev–Trinajstić information content (AvgIpc) is 2.98. The fourth-order valence-corrected chi connectivity index (χ4v) is 4.55. The van der Waals surface area contributed by atoms with Gasteiger partial charge in [0.1, 0.15) is 11.9 Å². The highest BCUT2D eigenvalue weighted by atomic mass is 19.1. The van der Waals surface area contributed by atoms with Crippen LogP contribution in [0.2, 0.25) is 0 Å². The lowest BCUT2D eigenvalue weighted by Gasteiger charge is -2.50. The van der Waals surface area contributed by atoms with E-state index in [0.717, 1.165) is 16.0 Å². The summed E-state index contributed by atoms with van der Waals surface area (Å²) in [5, 5.41) is 0. The molecule has 0 saturated carbocycles. The van der Waals surface area contributed by atoms with Gasteiger partial charge in [-0.1, -0.05) is 30.3 Å². The zero-order valence-electron chi connectivity index (χ0n) is 17.0. The lowest BCUT2D eigenvalue weighted by atomic mass is 9.86. The van der Waals surface area contributed by atoms with E-state index < -0.39 is 29.7 Å². The first kappa shape index (κ1) is 19.2. The summed E-state index contributed by atoms with van der Waals surface area (Å²) in [4.78, 5) is 42.1. The third kappa shape index (κ3) is 2.86. The summed E-state index contributed by atoms with van der Waals surface area (Å²) in [6.07, 6.45) is 0. The minimum Gasteiger partial charge on any atom is -0.300 e. The monoisotopic (exact) mass is 414 g/mol. The molecular formula is C25H19FN2O3. The van der Waals surface area contributed by atoms with Crippen LogP contribution in [-0.4, -0.2) is 28.7 Å². The number of aryl methyl sites for hydroxylation is 2. The highest BCUT2D eigenvalue weighted by Crippen LogP contribution is 2.44.